The molecule has 0 unspecified atom stereocenters. The van der Waals surface area contributed by atoms with Crippen LogP contribution in [0.5, 0.6) is 0 Å². The second-order valence-electron chi connectivity index (χ2n) is 3.67. The van der Waals surface area contributed by atoms with Crippen molar-refractivity contribution in [3.05, 3.63) is 11.9 Å². The zero-order chi connectivity index (χ0) is 11.1. The van der Waals surface area contributed by atoms with Crippen molar-refractivity contribution in [1.29, 1.82) is 0 Å². The van der Waals surface area contributed by atoms with Gasteiger partial charge in [-0.05, 0) is 13.3 Å². The van der Waals surface area contributed by atoms with Crippen LogP contribution >= 0.6 is 0 Å². The molecule has 4 nitrogen and oxygen atoms in total. The Labute approximate surface area is 91.7 Å². The number of aromatic nitrogens is 2. The van der Waals surface area contributed by atoms with E-state index in [0.717, 1.165) is 31.3 Å². The maximum atomic E-state index is 5.06. The average Bonchev–Trinajstić information content (AvgIpc) is 2.56. The number of unbranched alkanes of at least 4 members (excludes halogenated alkanes) is 1. The maximum Gasteiger partial charge on any atom is 0.203 e. The van der Waals surface area contributed by atoms with E-state index in [1.165, 1.54) is 12.8 Å². The third-order valence-corrected chi connectivity index (χ3v) is 2.25. The molecule has 0 bridgehead atoms. The first-order chi connectivity index (χ1) is 7.27. The Balaban J connectivity index is 2.51. The fourth-order valence-corrected chi connectivity index (χ4v) is 1.42. The Morgan fingerprint density at radius 3 is 3.00 bits per heavy atom. The van der Waals surface area contributed by atoms with Crippen LogP contribution in [0.4, 0.5) is 5.95 Å². The first-order valence-electron chi connectivity index (χ1n) is 5.54. The van der Waals surface area contributed by atoms with Gasteiger partial charge >= 0.3 is 0 Å². The summed E-state index contributed by atoms with van der Waals surface area (Å²) in [6.45, 7) is 6.75. The zero-order valence-corrected chi connectivity index (χ0v) is 9.92. The van der Waals surface area contributed by atoms with Crippen molar-refractivity contribution in [3.63, 3.8) is 0 Å². The van der Waals surface area contributed by atoms with Crippen LogP contribution in [-0.2, 0) is 11.3 Å². The molecule has 0 radical (unpaired) electrons. The topological polar surface area (TPSA) is 39.1 Å². The van der Waals surface area contributed by atoms with Crippen molar-refractivity contribution >= 4 is 5.95 Å². The molecule has 0 saturated carbocycles. The van der Waals surface area contributed by atoms with Crippen LogP contribution in [0.3, 0.4) is 0 Å². The molecule has 0 aliphatic carbocycles. The number of aryl methyl sites for hydroxylation is 1. The number of rotatable bonds is 7. The number of hydrogen-bond donors (Lipinski definition) is 1. The lowest BCUT2D eigenvalue weighted by molar-refractivity contribution is 0.187. The Bertz CT molecular complexity index is 283. The maximum absolute atomic E-state index is 5.06. The summed E-state index contributed by atoms with van der Waals surface area (Å²) in [6.07, 6.45) is 4.42. The van der Waals surface area contributed by atoms with E-state index in [1.807, 2.05) is 13.1 Å². The first kappa shape index (κ1) is 12.0. The molecule has 1 heterocycles. The Kier molecular flexibility index (Phi) is 5.18. The summed E-state index contributed by atoms with van der Waals surface area (Å²) in [5, 5.41) is 3.34. The fraction of sp³-hybridized carbons (Fsp3) is 0.727. The molecule has 0 saturated heterocycles. The van der Waals surface area contributed by atoms with Gasteiger partial charge in [-0.3, -0.25) is 0 Å². The molecule has 0 amide bonds. The lowest BCUT2D eigenvalue weighted by Gasteiger charge is -2.08. The predicted molar refractivity (Wildman–Crippen MR) is 62.2 cm³/mol. The third-order valence-electron chi connectivity index (χ3n) is 2.25. The van der Waals surface area contributed by atoms with Gasteiger partial charge < -0.3 is 14.6 Å². The van der Waals surface area contributed by atoms with Gasteiger partial charge in [0.25, 0.3) is 0 Å². The van der Waals surface area contributed by atoms with Gasteiger partial charge in [-0.2, -0.15) is 0 Å². The molecular weight excluding hydrogens is 190 g/mol. The highest BCUT2D eigenvalue weighted by Gasteiger charge is 2.03. The number of hydrogen-bond acceptors (Lipinski definition) is 3. The minimum atomic E-state index is 0.720. The fourth-order valence-electron chi connectivity index (χ4n) is 1.42. The smallest absolute Gasteiger partial charge is 0.203 e. The third kappa shape index (κ3) is 3.91. The van der Waals surface area contributed by atoms with E-state index in [-0.39, 0.29) is 0 Å². The summed E-state index contributed by atoms with van der Waals surface area (Å²) in [5.74, 6) is 0.956. The van der Waals surface area contributed by atoms with Gasteiger partial charge in [-0.1, -0.05) is 13.3 Å². The van der Waals surface area contributed by atoms with Gasteiger partial charge in [0.15, 0.2) is 0 Å². The molecule has 1 N–H and O–H groups in total. The van der Waals surface area contributed by atoms with Crippen molar-refractivity contribution in [2.24, 2.45) is 0 Å². The lowest BCUT2D eigenvalue weighted by atomic mass is 10.3. The lowest BCUT2D eigenvalue weighted by Crippen LogP contribution is -2.10. The molecule has 0 atom stereocenters. The van der Waals surface area contributed by atoms with Crippen molar-refractivity contribution < 1.29 is 4.74 Å². The number of ether oxygens (including phenoxy) is 1. The number of anilines is 1. The predicted octanol–water partition coefficient (Wildman–Crippen LogP) is 2.05. The Morgan fingerprint density at radius 1 is 1.53 bits per heavy atom. The van der Waals surface area contributed by atoms with Crippen LogP contribution in [0.15, 0.2) is 6.20 Å². The number of imidazole rings is 1. The second-order valence-corrected chi connectivity index (χ2v) is 3.67. The molecule has 1 aromatic rings. The summed E-state index contributed by atoms with van der Waals surface area (Å²) >= 11 is 0. The standard InChI is InChI=1S/C11H21N3O/c1-4-5-6-12-11-13-10(2)9-14(11)7-8-15-3/h9H,4-8H2,1-3H3,(H,12,13). The van der Waals surface area contributed by atoms with E-state index in [2.05, 4.69) is 21.8 Å². The summed E-state index contributed by atoms with van der Waals surface area (Å²) < 4.78 is 7.16. The average molecular weight is 211 g/mol. The molecule has 0 fully saturated rings. The molecule has 0 aliphatic heterocycles. The van der Waals surface area contributed by atoms with Crippen LogP contribution in [0, 0.1) is 6.92 Å². The van der Waals surface area contributed by atoms with Crippen molar-refractivity contribution in [3.8, 4) is 0 Å². The van der Waals surface area contributed by atoms with E-state index >= 15 is 0 Å². The van der Waals surface area contributed by atoms with Crippen LogP contribution in [0.1, 0.15) is 25.5 Å². The number of nitrogens with one attached hydrogen (secondary N) is 1. The number of nitrogens with zero attached hydrogens (tertiary/aromatic N) is 2. The summed E-state index contributed by atoms with van der Waals surface area (Å²) in [4.78, 5) is 4.43. The minimum absolute atomic E-state index is 0.720. The quantitative estimate of drug-likeness (QED) is 0.702. The normalized spacial score (nSPS) is 10.6. The van der Waals surface area contributed by atoms with Gasteiger partial charge in [0.2, 0.25) is 5.95 Å². The molecule has 86 valence electrons. The summed E-state index contributed by atoms with van der Waals surface area (Å²) in [5.41, 5.74) is 1.05. The monoisotopic (exact) mass is 211 g/mol. The van der Waals surface area contributed by atoms with Gasteiger partial charge in [0, 0.05) is 26.4 Å². The summed E-state index contributed by atoms with van der Waals surface area (Å²) in [7, 11) is 1.72. The molecule has 15 heavy (non-hydrogen) atoms. The van der Waals surface area contributed by atoms with Gasteiger partial charge in [-0.25, -0.2) is 4.98 Å². The molecule has 1 aromatic heterocycles. The highest BCUT2D eigenvalue weighted by Crippen LogP contribution is 2.08. The zero-order valence-electron chi connectivity index (χ0n) is 9.92. The Morgan fingerprint density at radius 2 is 2.33 bits per heavy atom. The first-order valence-corrected chi connectivity index (χ1v) is 5.54. The second kappa shape index (κ2) is 6.45. The minimum Gasteiger partial charge on any atom is -0.383 e. The largest absolute Gasteiger partial charge is 0.383 e. The van der Waals surface area contributed by atoms with E-state index < -0.39 is 0 Å². The Hall–Kier alpha value is -1.03. The molecule has 4 heteroatoms. The van der Waals surface area contributed by atoms with Gasteiger partial charge in [0.1, 0.15) is 0 Å². The SMILES string of the molecule is CCCCNc1nc(C)cn1CCOC. The van der Waals surface area contributed by atoms with E-state index in [1.54, 1.807) is 7.11 Å². The van der Waals surface area contributed by atoms with E-state index in [4.69, 9.17) is 4.74 Å². The number of methoxy groups -OCH3 is 1. The van der Waals surface area contributed by atoms with Crippen LogP contribution in [0.2, 0.25) is 0 Å². The van der Waals surface area contributed by atoms with Crippen molar-refractivity contribution in [2.75, 3.05) is 25.6 Å². The molecular formula is C11H21N3O. The van der Waals surface area contributed by atoms with Gasteiger partial charge in [-0.15, -0.1) is 0 Å². The molecule has 0 aromatic carbocycles. The van der Waals surface area contributed by atoms with E-state index in [0.29, 0.717) is 0 Å². The molecule has 0 spiro atoms. The van der Waals surface area contributed by atoms with E-state index in [9.17, 15) is 0 Å². The van der Waals surface area contributed by atoms with Crippen molar-refractivity contribution in [1.82, 2.24) is 9.55 Å². The molecule has 0 aliphatic rings. The van der Waals surface area contributed by atoms with Crippen LogP contribution < -0.4 is 5.32 Å². The van der Waals surface area contributed by atoms with Gasteiger partial charge in [0.05, 0.1) is 12.3 Å². The van der Waals surface area contributed by atoms with Crippen molar-refractivity contribution in [2.45, 2.75) is 33.2 Å². The molecule has 1 rings (SSSR count). The highest BCUT2D eigenvalue weighted by atomic mass is 16.5. The summed E-state index contributed by atoms with van der Waals surface area (Å²) in [6, 6.07) is 0. The van der Waals surface area contributed by atoms with Crippen LogP contribution in [-0.4, -0.2) is 29.8 Å². The highest BCUT2D eigenvalue weighted by molar-refractivity contribution is 5.28. The van der Waals surface area contributed by atoms with Crippen LogP contribution in [0.25, 0.3) is 0 Å².